The molecule has 6 rings (SSSR count). The summed E-state index contributed by atoms with van der Waals surface area (Å²) < 4.78 is 19.3. The molecule has 214 valence electrons. The molecule has 0 aliphatic rings. The second kappa shape index (κ2) is 12.1. The summed E-state index contributed by atoms with van der Waals surface area (Å²) in [7, 11) is 1.49. The third-order valence-electron chi connectivity index (χ3n) is 6.44. The summed E-state index contributed by atoms with van der Waals surface area (Å²) in [5, 5.41) is 9.00. The summed E-state index contributed by atoms with van der Waals surface area (Å²) in [4.78, 5) is 31.0. The number of furan rings is 1. The van der Waals surface area contributed by atoms with Crippen LogP contribution < -0.4 is 20.3 Å². The molecule has 1 N–H and O–H groups in total. The Morgan fingerprint density at radius 1 is 1.07 bits per heavy atom. The van der Waals surface area contributed by atoms with Crippen molar-refractivity contribution in [3.8, 4) is 23.1 Å². The molecule has 2 heterocycles. The Morgan fingerprint density at radius 3 is 2.67 bits per heavy atom. The van der Waals surface area contributed by atoms with E-state index in [1.807, 2.05) is 18.2 Å². The maximum atomic E-state index is 13.7. The lowest BCUT2D eigenvalue weighted by Gasteiger charge is -2.14. The van der Waals surface area contributed by atoms with Crippen molar-refractivity contribution in [1.82, 2.24) is 9.66 Å². The lowest BCUT2D eigenvalue weighted by molar-refractivity contribution is -0.118. The van der Waals surface area contributed by atoms with Gasteiger partial charge < -0.3 is 19.2 Å². The first kappa shape index (κ1) is 28.2. The number of nitrogens with one attached hydrogen (secondary N) is 1. The van der Waals surface area contributed by atoms with Crippen LogP contribution in [-0.2, 0) is 4.79 Å². The number of fused-ring (bicyclic) bond motifs is 2. The second-order valence-corrected chi connectivity index (χ2v) is 10.7. The SMILES string of the molecule is COc1cc(Br)cc(C=Nn2c(-c3cc4cc(Cl)ccc4o3)nc3ccccc3c2=O)c1OCC(=O)Nc1ccccc1. The van der Waals surface area contributed by atoms with Crippen LogP contribution in [0, 0.1) is 0 Å². The number of rotatable bonds is 8. The van der Waals surface area contributed by atoms with E-state index in [1.165, 1.54) is 18.0 Å². The Labute approximate surface area is 258 Å². The summed E-state index contributed by atoms with van der Waals surface area (Å²) in [6.07, 6.45) is 1.44. The van der Waals surface area contributed by atoms with Gasteiger partial charge in [0.05, 0.1) is 24.2 Å². The number of halogens is 2. The Kier molecular flexibility index (Phi) is 7.95. The van der Waals surface area contributed by atoms with E-state index in [0.717, 1.165) is 5.39 Å². The van der Waals surface area contributed by atoms with Crippen LogP contribution in [-0.4, -0.2) is 35.5 Å². The van der Waals surface area contributed by atoms with Gasteiger partial charge in [-0.15, -0.1) is 0 Å². The van der Waals surface area contributed by atoms with Crippen LogP contribution in [0.15, 0.2) is 110 Å². The fraction of sp³-hybridized carbons (Fsp3) is 0.0625. The predicted octanol–water partition coefficient (Wildman–Crippen LogP) is 7.13. The largest absolute Gasteiger partial charge is 0.493 e. The van der Waals surface area contributed by atoms with Gasteiger partial charge in [0.25, 0.3) is 11.5 Å². The number of nitrogens with zero attached hydrogens (tertiary/aromatic N) is 3. The lowest BCUT2D eigenvalue weighted by atomic mass is 10.2. The maximum Gasteiger partial charge on any atom is 0.282 e. The standard InChI is InChI=1S/C32H22BrClN4O5/c1-41-27-16-21(33)13-20(30(27)42-18-29(39)36-23-7-3-2-4-8-23)17-35-38-31(37-25-10-6-5-9-24(25)32(38)40)28-15-19-14-22(34)11-12-26(19)43-28/h2-17H,18H2,1H3,(H,36,39). The predicted molar refractivity (Wildman–Crippen MR) is 170 cm³/mol. The van der Waals surface area contributed by atoms with Crippen LogP contribution in [0.3, 0.4) is 0 Å². The van der Waals surface area contributed by atoms with E-state index in [0.29, 0.717) is 48.7 Å². The topological polar surface area (TPSA) is 108 Å². The smallest absolute Gasteiger partial charge is 0.282 e. The summed E-state index contributed by atoms with van der Waals surface area (Å²) >= 11 is 9.66. The van der Waals surface area contributed by atoms with Crippen molar-refractivity contribution in [2.24, 2.45) is 5.10 Å². The van der Waals surface area contributed by atoms with E-state index in [4.69, 9.17) is 30.5 Å². The van der Waals surface area contributed by atoms with Gasteiger partial charge >= 0.3 is 0 Å². The molecule has 11 heteroatoms. The molecule has 0 bridgehead atoms. The highest BCUT2D eigenvalue weighted by molar-refractivity contribution is 9.10. The fourth-order valence-electron chi connectivity index (χ4n) is 4.48. The third kappa shape index (κ3) is 6.01. The van der Waals surface area contributed by atoms with Gasteiger partial charge in [-0.05, 0) is 60.7 Å². The minimum Gasteiger partial charge on any atom is -0.493 e. The first-order valence-corrected chi connectivity index (χ1v) is 14.2. The van der Waals surface area contributed by atoms with Gasteiger partial charge in [-0.25, -0.2) is 4.98 Å². The average Bonchev–Trinajstić information content (AvgIpc) is 3.43. The zero-order valence-corrected chi connectivity index (χ0v) is 24.9. The minimum absolute atomic E-state index is 0.193. The lowest BCUT2D eigenvalue weighted by Crippen LogP contribution is -2.21. The number of methoxy groups -OCH3 is 1. The number of hydrogen-bond donors (Lipinski definition) is 1. The minimum atomic E-state index is -0.401. The van der Waals surface area contributed by atoms with Crippen molar-refractivity contribution in [3.05, 3.63) is 116 Å². The van der Waals surface area contributed by atoms with E-state index < -0.39 is 5.56 Å². The quantitative estimate of drug-likeness (QED) is 0.175. The highest BCUT2D eigenvalue weighted by Gasteiger charge is 2.18. The van der Waals surface area contributed by atoms with Crippen molar-refractivity contribution in [2.75, 3.05) is 19.0 Å². The molecular formula is C32H22BrClN4O5. The summed E-state index contributed by atoms with van der Waals surface area (Å²) in [5.41, 5.74) is 1.76. The van der Waals surface area contributed by atoms with E-state index in [9.17, 15) is 9.59 Å². The van der Waals surface area contributed by atoms with Gasteiger partial charge in [0, 0.05) is 26.1 Å². The van der Waals surface area contributed by atoms with Crippen molar-refractivity contribution < 1.29 is 18.7 Å². The van der Waals surface area contributed by atoms with Crippen LogP contribution in [0.25, 0.3) is 33.5 Å². The highest BCUT2D eigenvalue weighted by Crippen LogP contribution is 2.34. The van der Waals surface area contributed by atoms with Gasteiger partial charge in [-0.2, -0.15) is 9.78 Å². The van der Waals surface area contributed by atoms with Gasteiger partial charge in [-0.1, -0.05) is 57.9 Å². The first-order chi connectivity index (χ1) is 20.9. The van der Waals surface area contributed by atoms with Crippen molar-refractivity contribution in [3.63, 3.8) is 0 Å². The molecule has 0 radical (unpaired) electrons. The van der Waals surface area contributed by atoms with Gasteiger partial charge in [-0.3, -0.25) is 9.59 Å². The number of anilines is 1. The van der Waals surface area contributed by atoms with E-state index in [2.05, 4.69) is 26.3 Å². The van der Waals surface area contributed by atoms with Crippen molar-refractivity contribution in [1.29, 1.82) is 0 Å². The van der Waals surface area contributed by atoms with Crippen molar-refractivity contribution >= 4 is 67.2 Å². The Morgan fingerprint density at radius 2 is 1.86 bits per heavy atom. The fourth-order valence-corrected chi connectivity index (χ4v) is 5.12. The van der Waals surface area contributed by atoms with Crippen LogP contribution in [0.5, 0.6) is 11.5 Å². The number of para-hydroxylation sites is 2. The molecule has 0 saturated heterocycles. The van der Waals surface area contributed by atoms with Crippen LogP contribution in [0.1, 0.15) is 5.56 Å². The van der Waals surface area contributed by atoms with E-state index in [1.54, 1.807) is 72.8 Å². The molecule has 9 nitrogen and oxygen atoms in total. The van der Waals surface area contributed by atoms with Crippen LogP contribution in [0.4, 0.5) is 5.69 Å². The van der Waals surface area contributed by atoms with E-state index >= 15 is 0 Å². The number of carbonyl (C=O) groups excluding carboxylic acids is 1. The maximum absolute atomic E-state index is 13.7. The Hall–Kier alpha value is -4.93. The number of ether oxygens (including phenoxy) is 2. The summed E-state index contributed by atoms with van der Waals surface area (Å²) in [5.74, 6) is 0.791. The molecule has 0 aliphatic carbocycles. The van der Waals surface area contributed by atoms with Gasteiger partial charge in [0.1, 0.15) is 5.58 Å². The molecule has 0 aliphatic heterocycles. The van der Waals surface area contributed by atoms with E-state index in [-0.39, 0.29) is 24.1 Å². The monoisotopic (exact) mass is 656 g/mol. The number of amides is 1. The van der Waals surface area contributed by atoms with Crippen LogP contribution >= 0.6 is 27.5 Å². The second-order valence-electron chi connectivity index (χ2n) is 9.34. The van der Waals surface area contributed by atoms with Crippen LogP contribution in [0.2, 0.25) is 5.02 Å². The van der Waals surface area contributed by atoms with Gasteiger partial charge in [0.15, 0.2) is 23.9 Å². The molecule has 4 aromatic carbocycles. The summed E-state index contributed by atoms with van der Waals surface area (Å²) in [6, 6.07) is 26.5. The Bertz CT molecular complexity index is 2070. The first-order valence-electron chi connectivity index (χ1n) is 13.0. The molecule has 0 saturated carbocycles. The Balaban J connectivity index is 1.41. The number of aromatic nitrogens is 2. The molecule has 43 heavy (non-hydrogen) atoms. The molecule has 6 aromatic rings. The molecular weight excluding hydrogens is 636 g/mol. The molecule has 0 atom stereocenters. The molecule has 1 amide bonds. The number of hydrogen-bond acceptors (Lipinski definition) is 7. The number of carbonyl (C=O) groups is 1. The average molecular weight is 658 g/mol. The molecule has 2 aromatic heterocycles. The molecule has 0 unspecified atom stereocenters. The molecule has 0 spiro atoms. The molecule has 0 fully saturated rings. The van der Waals surface area contributed by atoms with Crippen molar-refractivity contribution in [2.45, 2.75) is 0 Å². The van der Waals surface area contributed by atoms with Gasteiger partial charge in [0.2, 0.25) is 5.82 Å². The zero-order chi connectivity index (χ0) is 29.9. The highest BCUT2D eigenvalue weighted by atomic mass is 79.9. The number of benzene rings is 4. The third-order valence-corrected chi connectivity index (χ3v) is 7.13. The summed E-state index contributed by atoms with van der Waals surface area (Å²) in [6.45, 7) is -0.294. The zero-order valence-electron chi connectivity index (χ0n) is 22.6. The normalized spacial score (nSPS) is 11.3.